The third kappa shape index (κ3) is 3.38. The van der Waals surface area contributed by atoms with Gasteiger partial charge < -0.3 is 5.73 Å². The van der Waals surface area contributed by atoms with Crippen molar-refractivity contribution in [2.75, 3.05) is 0 Å². The first kappa shape index (κ1) is 15.4. The van der Waals surface area contributed by atoms with Crippen LogP contribution >= 0.6 is 0 Å². The van der Waals surface area contributed by atoms with E-state index in [1.165, 1.54) is 18.2 Å². The van der Waals surface area contributed by atoms with Crippen molar-refractivity contribution in [3.8, 4) is 0 Å². The van der Waals surface area contributed by atoms with Crippen LogP contribution in [0.1, 0.15) is 52.0 Å². The molecule has 0 radical (unpaired) electrons. The van der Waals surface area contributed by atoms with Crippen molar-refractivity contribution in [2.24, 2.45) is 17.1 Å². The maximum absolute atomic E-state index is 13.7. The molecule has 0 amide bonds. The minimum Gasteiger partial charge on any atom is -0.325 e. The number of hydrogen-bond acceptors (Lipinski definition) is 1. The molecule has 2 rings (SSSR count). The number of benzene rings is 1. The molecule has 1 aromatic carbocycles. The summed E-state index contributed by atoms with van der Waals surface area (Å²) >= 11 is 0. The number of halogens is 2. The highest BCUT2D eigenvalue weighted by Gasteiger charge is 2.37. The summed E-state index contributed by atoms with van der Waals surface area (Å²) in [4.78, 5) is 0. The van der Waals surface area contributed by atoms with E-state index in [0.717, 1.165) is 25.7 Å². The minimum absolute atomic E-state index is 0.143. The molecular weight excluding hydrogens is 256 g/mol. The lowest BCUT2D eigenvalue weighted by molar-refractivity contribution is 0.133. The van der Waals surface area contributed by atoms with E-state index in [1.54, 1.807) is 0 Å². The van der Waals surface area contributed by atoms with Crippen molar-refractivity contribution in [1.82, 2.24) is 0 Å². The molecule has 0 aliphatic heterocycles. The fraction of sp³-hybridized carbons (Fsp3) is 0.647. The Labute approximate surface area is 120 Å². The van der Waals surface area contributed by atoms with Gasteiger partial charge in [-0.1, -0.05) is 26.8 Å². The van der Waals surface area contributed by atoms with Crippen LogP contribution in [-0.2, 0) is 6.42 Å². The lowest BCUT2D eigenvalue weighted by Crippen LogP contribution is -2.47. The van der Waals surface area contributed by atoms with Crippen LogP contribution in [0.3, 0.4) is 0 Å². The number of nitrogens with two attached hydrogens (primary N) is 1. The average molecular weight is 281 g/mol. The lowest BCUT2D eigenvalue weighted by Gasteiger charge is -2.42. The molecule has 1 saturated carbocycles. The highest BCUT2D eigenvalue weighted by atomic mass is 19.1. The van der Waals surface area contributed by atoms with Crippen LogP contribution in [-0.4, -0.2) is 5.54 Å². The monoisotopic (exact) mass is 281 g/mol. The van der Waals surface area contributed by atoms with Crippen LogP contribution in [0.15, 0.2) is 18.2 Å². The van der Waals surface area contributed by atoms with E-state index in [1.807, 2.05) is 0 Å². The van der Waals surface area contributed by atoms with Gasteiger partial charge >= 0.3 is 0 Å². The van der Waals surface area contributed by atoms with Crippen LogP contribution in [0.25, 0.3) is 0 Å². The Bertz CT molecular complexity index is 448. The van der Waals surface area contributed by atoms with Gasteiger partial charge in [0.25, 0.3) is 0 Å². The van der Waals surface area contributed by atoms with Gasteiger partial charge in [0.2, 0.25) is 0 Å². The van der Waals surface area contributed by atoms with Crippen molar-refractivity contribution < 1.29 is 8.78 Å². The normalized spacial score (nSPS) is 27.6. The van der Waals surface area contributed by atoms with Crippen molar-refractivity contribution in [3.63, 3.8) is 0 Å². The Morgan fingerprint density at radius 2 is 1.65 bits per heavy atom. The average Bonchev–Trinajstić information content (AvgIpc) is 2.33. The molecule has 1 nitrogen and oxygen atoms in total. The standard InChI is InChI=1S/C17H25F2N/c1-16(2,3)12-7-9-17(20,10-8-12)11-13-14(18)5-4-6-15(13)19/h4-6,12H,7-11,20H2,1-3H3. The Kier molecular flexibility index (Phi) is 4.19. The van der Waals surface area contributed by atoms with E-state index in [2.05, 4.69) is 20.8 Å². The lowest BCUT2D eigenvalue weighted by atomic mass is 9.66. The third-order valence-electron chi connectivity index (χ3n) is 4.80. The van der Waals surface area contributed by atoms with Crippen molar-refractivity contribution in [1.29, 1.82) is 0 Å². The molecule has 0 aromatic heterocycles. The largest absolute Gasteiger partial charge is 0.325 e. The maximum atomic E-state index is 13.7. The molecule has 1 aromatic rings. The maximum Gasteiger partial charge on any atom is 0.129 e. The second kappa shape index (κ2) is 5.44. The zero-order valence-corrected chi connectivity index (χ0v) is 12.7. The van der Waals surface area contributed by atoms with Crippen molar-refractivity contribution in [3.05, 3.63) is 35.4 Å². The van der Waals surface area contributed by atoms with Gasteiger partial charge in [-0.05, 0) is 55.6 Å². The molecule has 20 heavy (non-hydrogen) atoms. The van der Waals surface area contributed by atoms with E-state index >= 15 is 0 Å². The van der Waals surface area contributed by atoms with E-state index in [9.17, 15) is 8.78 Å². The fourth-order valence-corrected chi connectivity index (χ4v) is 3.29. The van der Waals surface area contributed by atoms with Crippen LogP contribution in [0.4, 0.5) is 8.78 Å². The van der Waals surface area contributed by atoms with Crippen LogP contribution < -0.4 is 5.73 Å². The smallest absolute Gasteiger partial charge is 0.129 e. The van der Waals surface area contributed by atoms with Gasteiger partial charge in [0.1, 0.15) is 11.6 Å². The summed E-state index contributed by atoms with van der Waals surface area (Å²) < 4.78 is 27.5. The van der Waals surface area contributed by atoms with Gasteiger partial charge in [-0.15, -0.1) is 0 Å². The molecule has 1 fully saturated rings. The Morgan fingerprint density at radius 1 is 1.15 bits per heavy atom. The molecule has 3 heteroatoms. The van der Waals surface area contributed by atoms with Gasteiger partial charge in [-0.2, -0.15) is 0 Å². The summed E-state index contributed by atoms with van der Waals surface area (Å²) in [6.45, 7) is 6.74. The molecular formula is C17H25F2N. The summed E-state index contributed by atoms with van der Waals surface area (Å²) in [6, 6.07) is 4.01. The fourth-order valence-electron chi connectivity index (χ4n) is 3.29. The van der Waals surface area contributed by atoms with Gasteiger partial charge in [0, 0.05) is 11.1 Å². The SMILES string of the molecule is CC(C)(C)C1CCC(N)(Cc2c(F)cccc2F)CC1. The molecule has 1 aliphatic rings. The van der Waals surface area contributed by atoms with Gasteiger partial charge in [0.15, 0.2) is 0 Å². The van der Waals surface area contributed by atoms with Crippen molar-refractivity contribution in [2.45, 2.75) is 58.4 Å². The van der Waals surface area contributed by atoms with E-state index in [0.29, 0.717) is 12.3 Å². The van der Waals surface area contributed by atoms with Crippen molar-refractivity contribution >= 4 is 0 Å². The highest BCUT2D eigenvalue weighted by Crippen LogP contribution is 2.41. The topological polar surface area (TPSA) is 26.0 Å². The first-order valence-corrected chi connectivity index (χ1v) is 7.43. The van der Waals surface area contributed by atoms with Gasteiger partial charge in [-0.3, -0.25) is 0 Å². The second-order valence-electron chi connectivity index (χ2n) is 7.38. The zero-order chi connectivity index (χ0) is 15.0. The van der Waals surface area contributed by atoms with Gasteiger partial charge in [-0.25, -0.2) is 8.78 Å². The van der Waals surface area contributed by atoms with Crippen LogP contribution in [0.5, 0.6) is 0 Å². The predicted octanol–water partition coefficient (Wildman–Crippen LogP) is 4.44. The Balaban J connectivity index is 2.08. The number of rotatable bonds is 2. The third-order valence-corrected chi connectivity index (χ3v) is 4.80. The van der Waals surface area contributed by atoms with E-state index < -0.39 is 17.2 Å². The van der Waals surface area contributed by atoms with E-state index in [4.69, 9.17) is 5.73 Å². The molecule has 0 spiro atoms. The molecule has 2 N–H and O–H groups in total. The Hall–Kier alpha value is -0.960. The van der Waals surface area contributed by atoms with E-state index in [-0.39, 0.29) is 11.0 Å². The predicted molar refractivity (Wildman–Crippen MR) is 78.4 cm³/mol. The molecule has 0 bridgehead atoms. The zero-order valence-electron chi connectivity index (χ0n) is 12.7. The molecule has 0 unspecified atom stereocenters. The first-order valence-electron chi connectivity index (χ1n) is 7.43. The summed E-state index contributed by atoms with van der Waals surface area (Å²) in [5.74, 6) is -0.315. The molecule has 1 aliphatic carbocycles. The minimum atomic E-state index is -0.479. The molecule has 0 saturated heterocycles. The summed E-state index contributed by atoms with van der Waals surface area (Å²) in [5.41, 5.74) is 6.36. The molecule has 112 valence electrons. The summed E-state index contributed by atoms with van der Waals surface area (Å²) in [6.07, 6.45) is 4.04. The molecule has 0 atom stereocenters. The van der Waals surface area contributed by atoms with Crippen LogP contribution in [0.2, 0.25) is 0 Å². The second-order valence-corrected chi connectivity index (χ2v) is 7.38. The first-order chi connectivity index (χ1) is 9.21. The number of hydrogen-bond donors (Lipinski definition) is 1. The summed E-state index contributed by atoms with van der Waals surface area (Å²) in [5, 5.41) is 0. The van der Waals surface area contributed by atoms with Gasteiger partial charge in [0.05, 0.1) is 0 Å². The summed E-state index contributed by atoms with van der Waals surface area (Å²) in [7, 11) is 0. The quantitative estimate of drug-likeness (QED) is 0.852. The Morgan fingerprint density at radius 3 is 2.10 bits per heavy atom. The highest BCUT2D eigenvalue weighted by molar-refractivity contribution is 5.22. The molecule has 0 heterocycles. The van der Waals surface area contributed by atoms with Crippen LogP contribution in [0, 0.1) is 23.0 Å².